The van der Waals surface area contributed by atoms with Crippen molar-refractivity contribution in [2.24, 2.45) is 0 Å². The van der Waals surface area contributed by atoms with Crippen LogP contribution in [0, 0.1) is 10.1 Å². The van der Waals surface area contributed by atoms with Gasteiger partial charge in [-0.15, -0.1) is 5.10 Å². The maximum absolute atomic E-state index is 10.4. The van der Waals surface area contributed by atoms with Gasteiger partial charge in [-0.25, -0.2) is 9.67 Å². The van der Waals surface area contributed by atoms with Crippen molar-refractivity contribution in [3.8, 4) is 5.82 Å². The lowest BCUT2D eigenvalue weighted by Crippen LogP contribution is -2.00. The van der Waals surface area contributed by atoms with Gasteiger partial charge in [0, 0.05) is 6.07 Å². The van der Waals surface area contributed by atoms with Gasteiger partial charge in [-0.1, -0.05) is 16.8 Å². The van der Waals surface area contributed by atoms with Crippen LogP contribution in [0.2, 0.25) is 5.02 Å². The van der Waals surface area contributed by atoms with Gasteiger partial charge in [-0.2, -0.15) is 0 Å². The summed E-state index contributed by atoms with van der Waals surface area (Å²) < 4.78 is 1.33. The molecule has 76 valence electrons. The molecule has 2 rings (SSSR count). The second kappa shape index (κ2) is 3.62. The average Bonchev–Trinajstić information content (AvgIpc) is 2.70. The van der Waals surface area contributed by atoms with E-state index in [1.54, 1.807) is 6.20 Å². The van der Waals surface area contributed by atoms with Crippen LogP contribution in [0.25, 0.3) is 5.82 Å². The predicted octanol–water partition coefficient (Wildman–Crippen LogP) is 1.22. The van der Waals surface area contributed by atoms with Crippen molar-refractivity contribution in [3.63, 3.8) is 0 Å². The fourth-order valence-corrected chi connectivity index (χ4v) is 1.26. The lowest BCUT2D eigenvalue weighted by molar-refractivity contribution is -0.385. The first kappa shape index (κ1) is 9.53. The molecule has 15 heavy (non-hydrogen) atoms. The Kier molecular flexibility index (Phi) is 2.30. The third-order valence-corrected chi connectivity index (χ3v) is 1.94. The number of nitrogens with zero attached hydrogens (tertiary/aromatic N) is 5. The zero-order valence-corrected chi connectivity index (χ0v) is 8.00. The highest BCUT2D eigenvalue weighted by Gasteiger charge is 2.12. The minimum Gasteiger partial charge on any atom is -0.258 e. The molecule has 2 heterocycles. The Hall–Kier alpha value is -2.02. The van der Waals surface area contributed by atoms with Crippen molar-refractivity contribution < 1.29 is 4.92 Å². The maximum Gasteiger partial charge on any atom is 0.289 e. The second-order valence-electron chi connectivity index (χ2n) is 2.60. The summed E-state index contributed by atoms with van der Waals surface area (Å²) in [6, 6.07) is 1.21. The number of aromatic nitrogens is 4. The van der Waals surface area contributed by atoms with E-state index < -0.39 is 4.92 Å². The summed E-state index contributed by atoms with van der Waals surface area (Å²) in [4.78, 5) is 13.7. The molecule has 0 bridgehead atoms. The molecule has 2 aromatic rings. The minimum atomic E-state index is -0.565. The van der Waals surface area contributed by atoms with E-state index in [0.29, 0.717) is 5.82 Å². The first-order valence-corrected chi connectivity index (χ1v) is 4.23. The quantitative estimate of drug-likeness (QED) is 0.567. The number of pyridine rings is 1. The molecule has 0 saturated carbocycles. The molecule has 0 aliphatic rings. The second-order valence-corrected chi connectivity index (χ2v) is 3.01. The lowest BCUT2D eigenvalue weighted by Gasteiger charge is -2.00. The third kappa shape index (κ3) is 1.77. The van der Waals surface area contributed by atoms with E-state index in [-0.39, 0.29) is 10.7 Å². The van der Waals surface area contributed by atoms with Crippen molar-refractivity contribution in [2.75, 3.05) is 0 Å². The summed E-state index contributed by atoms with van der Waals surface area (Å²) in [5.41, 5.74) is -0.163. The zero-order valence-electron chi connectivity index (χ0n) is 7.24. The van der Waals surface area contributed by atoms with Crippen LogP contribution < -0.4 is 0 Å². The van der Waals surface area contributed by atoms with Crippen molar-refractivity contribution in [3.05, 3.63) is 39.8 Å². The van der Waals surface area contributed by atoms with E-state index in [1.165, 1.54) is 16.9 Å². The Bertz CT molecular complexity index is 498. The van der Waals surface area contributed by atoms with Crippen LogP contribution >= 0.6 is 11.6 Å². The van der Waals surface area contributed by atoms with Gasteiger partial charge in [0.2, 0.25) is 0 Å². The monoisotopic (exact) mass is 225 g/mol. The fourth-order valence-electron chi connectivity index (χ4n) is 1.01. The highest BCUT2D eigenvalue weighted by molar-refractivity contribution is 6.32. The van der Waals surface area contributed by atoms with Crippen molar-refractivity contribution >= 4 is 17.3 Å². The maximum atomic E-state index is 10.4. The van der Waals surface area contributed by atoms with E-state index in [2.05, 4.69) is 15.3 Å². The number of nitro groups is 1. The van der Waals surface area contributed by atoms with Crippen molar-refractivity contribution in [2.45, 2.75) is 0 Å². The van der Waals surface area contributed by atoms with Crippen LogP contribution in [-0.4, -0.2) is 24.9 Å². The average molecular weight is 226 g/mol. The standard InChI is InChI=1S/C7H4ClN5O2/c8-6-3-5(13(14)15)4-9-7(6)12-2-1-10-11-12/h1-4H. The van der Waals surface area contributed by atoms with Gasteiger partial charge in [-0.05, 0) is 0 Å². The van der Waals surface area contributed by atoms with Gasteiger partial charge in [0.05, 0.1) is 22.3 Å². The molecule has 0 unspecified atom stereocenters. The van der Waals surface area contributed by atoms with E-state index in [4.69, 9.17) is 11.6 Å². The van der Waals surface area contributed by atoms with E-state index >= 15 is 0 Å². The van der Waals surface area contributed by atoms with Gasteiger partial charge < -0.3 is 0 Å². The van der Waals surface area contributed by atoms with Gasteiger partial charge in [-0.3, -0.25) is 10.1 Å². The molecule has 0 amide bonds. The topological polar surface area (TPSA) is 86.7 Å². The summed E-state index contributed by atoms with van der Waals surface area (Å²) >= 11 is 5.81. The summed E-state index contributed by atoms with van der Waals surface area (Å²) in [5, 5.41) is 17.8. The van der Waals surface area contributed by atoms with Crippen LogP contribution in [-0.2, 0) is 0 Å². The molecule has 0 spiro atoms. The first-order chi connectivity index (χ1) is 7.18. The summed E-state index contributed by atoms with van der Waals surface area (Å²) in [6.07, 6.45) is 4.11. The molecular formula is C7H4ClN5O2. The Labute approximate surface area is 88.5 Å². The molecule has 0 N–H and O–H groups in total. The molecule has 0 aliphatic heterocycles. The first-order valence-electron chi connectivity index (χ1n) is 3.85. The molecule has 8 heteroatoms. The smallest absolute Gasteiger partial charge is 0.258 e. The molecule has 7 nitrogen and oxygen atoms in total. The Morgan fingerprint density at radius 1 is 1.53 bits per heavy atom. The third-order valence-electron chi connectivity index (χ3n) is 1.66. The normalized spacial score (nSPS) is 10.2. The van der Waals surface area contributed by atoms with Crippen LogP contribution in [0.3, 0.4) is 0 Å². The minimum absolute atomic E-state index is 0.148. The van der Waals surface area contributed by atoms with Crippen molar-refractivity contribution in [1.82, 2.24) is 20.0 Å². The largest absolute Gasteiger partial charge is 0.289 e. The predicted molar refractivity (Wildman–Crippen MR) is 50.8 cm³/mol. The fraction of sp³-hybridized carbons (Fsp3) is 0. The molecule has 0 radical (unpaired) electrons. The number of hydrogen-bond acceptors (Lipinski definition) is 5. The molecule has 0 aliphatic carbocycles. The highest BCUT2D eigenvalue weighted by Crippen LogP contribution is 2.21. The lowest BCUT2D eigenvalue weighted by atomic mass is 10.4. The number of halogens is 1. The molecule has 0 saturated heterocycles. The van der Waals surface area contributed by atoms with Crippen LogP contribution in [0.4, 0.5) is 5.69 Å². The van der Waals surface area contributed by atoms with Gasteiger partial charge in [0.1, 0.15) is 6.20 Å². The van der Waals surface area contributed by atoms with Gasteiger partial charge in [0.15, 0.2) is 5.82 Å². The van der Waals surface area contributed by atoms with Crippen LogP contribution in [0.1, 0.15) is 0 Å². The van der Waals surface area contributed by atoms with Crippen LogP contribution in [0.15, 0.2) is 24.7 Å². The Balaban J connectivity index is 2.48. The molecule has 2 aromatic heterocycles. The van der Waals surface area contributed by atoms with Gasteiger partial charge in [0.25, 0.3) is 5.69 Å². The van der Waals surface area contributed by atoms with Crippen LogP contribution in [0.5, 0.6) is 0 Å². The summed E-state index contributed by atoms with van der Waals surface area (Å²) in [6.45, 7) is 0. The van der Waals surface area contributed by atoms with E-state index in [0.717, 1.165) is 6.20 Å². The van der Waals surface area contributed by atoms with Gasteiger partial charge >= 0.3 is 0 Å². The Morgan fingerprint density at radius 3 is 2.87 bits per heavy atom. The molecule has 0 fully saturated rings. The molecular weight excluding hydrogens is 222 g/mol. The summed E-state index contributed by atoms with van der Waals surface area (Å²) in [7, 11) is 0. The Morgan fingerprint density at radius 2 is 2.33 bits per heavy atom. The summed E-state index contributed by atoms with van der Waals surface area (Å²) in [5.74, 6) is 0.305. The highest BCUT2D eigenvalue weighted by atomic mass is 35.5. The molecule has 0 atom stereocenters. The van der Waals surface area contributed by atoms with E-state index in [1.807, 2.05) is 0 Å². The number of rotatable bonds is 2. The zero-order chi connectivity index (χ0) is 10.8. The van der Waals surface area contributed by atoms with Crippen molar-refractivity contribution in [1.29, 1.82) is 0 Å². The number of hydrogen-bond donors (Lipinski definition) is 0. The van der Waals surface area contributed by atoms with E-state index in [9.17, 15) is 10.1 Å². The molecule has 0 aromatic carbocycles. The SMILES string of the molecule is O=[N+]([O-])c1cnc(-n2ccnn2)c(Cl)c1.